The molecule has 0 saturated heterocycles. The fourth-order valence-electron chi connectivity index (χ4n) is 1.28. The standard InChI is InChI=1S/C7H8N2OS/c1-9-6(4-10)7-5(8-9)2-3-11-7/h4H,2-3H2,1H3. The molecule has 1 aliphatic heterocycles. The van der Waals surface area contributed by atoms with E-state index in [4.69, 9.17) is 0 Å². The number of hydrogen-bond donors (Lipinski definition) is 0. The number of carbonyl (C=O) groups is 1. The van der Waals surface area contributed by atoms with Gasteiger partial charge in [-0.05, 0) is 0 Å². The molecule has 1 aromatic rings. The minimum atomic E-state index is 0.725. The summed E-state index contributed by atoms with van der Waals surface area (Å²) in [5, 5.41) is 4.23. The highest BCUT2D eigenvalue weighted by Gasteiger charge is 2.20. The Labute approximate surface area is 68.8 Å². The number of carbonyl (C=O) groups excluding carboxylic acids is 1. The van der Waals surface area contributed by atoms with Crippen molar-refractivity contribution < 1.29 is 4.79 Å². The number of fused-ring (bicyclic) bond motifs is 1. The highest BCUT2D eigenvalue weighted by atomic mass is 32.2. The van der Waals surface area contributed by atoms with Crippen LogP contribution in [0.4, 0.5) is 0 Å². The van der Waals surface area contributed by atoms with Gasteiger partial charge in [0.25, 0.3) is 0 Å². The van der Waals surface area contributed by atoms with Gasteiger partial charge in [-0.2, -0.15) is 5.10 Å². The molecule has 0 fully saturated rings. The third-order valence-corrected chi connectivity index (χ3v) is 2.95. The number of aldehydes is 1. The maximum absolute atomic E-state index is 10.6. The van der Waals surface area contributed by atoms with E-state index >= 15 is 0 Å². The number of aryl methyl sites for hydroxylation is 2. The first-order valence-corrected chi connectivity index (χ1v) is 4.45. The Kier molecular flexibility index (Phi) is 1.49. The van der Waals surface area contributed by atoms with Gasteiger partial charge >= 0.3 is 0 Å². The van der Waals surface area contributed by atoms with Crippen molar-refractivity contribution in [3.63, 3.8) is 0 Å². The lowest BCUT2D eigenvalue weighted by Crippen LogP contribution is -1.98. The molecule has 2 rings (SSSR count). The monoisotopic (exact) mass is 168 g/mol. The lowest BCUT2D eigenvalue weighted by Gasteiger charge is -1.93. The van der Waals surface area contributed by atoms with Crippen LogP contribution in [0.5, 0.6) is 0 Å². The molecule has 2 heterocycles. The molecule has 0 atom stereocenters. The van der Waals surface area contributed by atoms with Gasteiger partial charge in [0.05, 0.1) is 10.6 Å². The normalized spacial score (nSPS) is 15.0. The first-order valence-electron chi connectivity index (χ1n) is 3.47. The number of aromatic nitrogens is 2. The van der Waals surface area contributed by atoms with Crippen molar-refractivity contribution in [3.8, 4) is 0 Å². The highest BCUT2D eigenvalue weighted by molar-refractivity contribution is 7.99. The van der Waals surface area contributed by atoms with E-state index in [-0.39, 0.29) is 0 Å². The molecule has 0 N–H and O–H groups in total. The van der Waals surface area contributed by atoms with E-state index in [1.165, 1.54) is 0 Å². The molecule has 58 valence electrons. The molecular weight excluding hydrogens is 160 g/mol. The van der Waals surface area contributed by atoms with Gasteiger partial charge in [-0.25, -0.2) is 0 Å². The molecule has 0 aromatic carbocycles. The number of nitrogens with zero attached hydrogens (tertiary/aromatic N) is 2. The summed E-state index contributed by atoms with van der Waals surface area (Å²) in [6.45, 7) is 0. The Morgan fingerprint density at radius 2 is 2.55 bits per heavy atom. The largest absolute Gasteiger partial charge is 0.296 e. The van der Waals surface area contributed by atoms with E-state index < -0.39 is 0 Å². The maximum atomic E-state index is 10.6. The van der Waals surface area contributed by atoms with Gasteiger partial charge < -0.3 is 0 Å². The quantitative estimate of drug-likeness (QED) is 0.584. The Morgan fingerprint density at radius 3 is 3.27 bits per heavy atom. The predicted octanol–water partition coefficient (Wildman–Crippen LogP) is 0.881. The zero-order valence-electron chi connectivity index (χ0n) is 6.20. The van der Waals surface area contributed by atoms with E-state index in [1.807, 2.05) is 7.05 Å². The van der Waals surface area contributed by atoms with Crippen LogP contribution in [0.2, 0.25) is 0 Å². The van der Waals surface area contributed by atoms with E-state index in [0.717, 1.165) is 34.7 Å². The van der Waals surface area contributed by atoms with Crippen LogP contribution in [-0.4, -0.2) is 21.8 Å². The number of hydrogen-bond acceptors (Lipinski definition) is 3. The van der Waals surface area contributed by atoms with Crippen molar-refractivity contribution in [1.29, 1.82) is 0 Å². The third kappa shape index (κ3) is 0.894. The zero-order valence-corrected chi connectivity index (χ0v) is 7.02. The minimum absolute atomic E-state index is 0.725. The smallest absolute Gasteiger partial charge is 0.169 e. The summed E-state index contributed by atoms with van der Waals surface area (Å²) in [4.78, 5) is 11.7. The summed E-state index contributed by atoms with van der Waals surface area (Å²) in [6.07, 6.45) is 1.88. The van der Waals surface area contributed by atoms with Gasteiger partial charge in [-0.1, -0.05) is 0 Å². The summed E-state index contributed by atoms with van der Waals surface area (Å²) in [5.41, 5.74) is 1.81. The van der Waals surface area contributed by atoms with Crippen molar-refractivity contribution in [2.75, 3.05) is 5.75 Å². The Morgan fingerprint density at radius 1 is 1.73 bits per heavy atom. The van der Waals surface area contributed by atoms with Gasteiger partial charge in [0.2, 0.25) is 0 Å². The van der Waals surface area contributed by atoms with Crippen molar-refractivity contribution in [1.82, 2.24) is 9.78 Å². The second kappa shape index (κ2) is 2.37. The fraction of sp³-hybridized carbons (Fsp3) is 0.429. The average molecular weight is 168 g/mol. The molecule has 1 aliphatic rings. The first kappa shape index (κ1) is 6.91. The first-order chi connectivity index (χ1) is 5.33. The second-order valence-corrected chi connectivity index (χ2v) is 3.61. The number of rotatable bonds is 1. The van der Waals surface area contributed by atoms with Gasteiger partial charge in [0, 0.05) is 19.2 Å². The van der Waals surface area contributed by atoms with Crippen LogP contribution < -0.4 is 0 Å². The summed E-state index contributed by atoms with van der Waals surface area (Å²) in [5.74, 6) is 1.07. The Hall–Kier alpha value is -0.770. The van der Waals surface area contributed by atoms with Crippen LogP contribution >= 0.6 is 11.8 Å². The Bertz CT molecular complexity index is 306. The van der Waals surface area contributed by atoms with Gasteiger partial charge in [0.15, 0.2) is 6.29 Å². The molecule has 0 amide bonds. The van der Waals surface area contributed by atoms with Crippen LogP contribution in [0.15, 0.2) is 4.90 Å². The van der Waals surface area contributed by atoms with Crippen LogP contribution in [-0.2, 0) is 13.5 Å². The third-order valence-electron chi connectivity index (χ3n) is 1.81. The molecule has 0 bridgehead atoms. The van der Waals surface area contributed by atoms with Crippen LogP contribution in [0, 0.1) is 0 Å². The van der Waals surface area contributed by atoms with Gasteiger partial charge in [-0.3, -0.25) is 9.48 Å². The molecular formula is C7H8N2OS. The second-order valence-electron chi connectivity index (χ2n) is 2.50. The van der Waals surface area contributed by atoms with Crippen molar-refractivity contribution >= 4 is 18.0 Å². The molecule has 3 nitrogen and oxygen atoms in total. The van der Waals surface area contributed by atoms with Crippen molar-refractivity contribution in [3.05, 3.63) is 11.4 Å². The Balaban J connectivity index is 2.60. The number of thioether (sulfide) groups is 1. The maximum Gasteiger partial charge on any atom is 0.169 e. The average Bonchev–Trinajstić information content (AvgIpc) is 2.46. The lowest BCUT2D eigenvalue weighted by molar-refractivity contribution is 0.111. The van der Waals surface area contributed by atoms with E-state index in [2.05, 4.69) is 5.10 Å². The molecule has 0 radical (unpaired) electrons. The molecule has 0 saturated carbocycles. The van der Waals surface area contributed by atoms with Crippen LogP contribution in [0.3, 0.4) is 0 Å². The molecule has 1 aromatic heterocycles. The lowest BCUT2D eigenvalue weighted by atomic mass is 10.3. The summed E-state index contributed by atoms with van der Waals surface area (Å²) < 4.78 is 1.66. The summed E-state index contributed by atoms with van der Waals surface area (Å²) in [6, 6.07) is 0. The van der Waals surface area contributed by atoms with E-state index in [1.54, 1.807) is 16.4 Å². The van der Waals surface area contributed by atoms with Crippen LogP contribution in [0.1, 0.15) is 16.2 Å². The van der Waals surface area contributed by atoms with Gasteiger partial charge in [0.1, 0.15) is 5.69 Å². The fourth-order valence-corrected chi connectivity index (χ4v) is 2.41. The molecule has 4 heteroatoms. The summed E-state index contributed by atoms with van der Waals surface area (Å²) in [7, 11) is 1.81. The van der Waals surface area contributed by atoms with Crippen LogP contribution in [0.25, 0.3) is 0 Å². The topological polar surface area (TPSA) is 34.9 Å². The van der Waals surface area contributed by atoms with Crippen molar-refractivity contribution in [2.45, 2.75) is 11.3 Å². The minimum Gasteiger partial charge on any atom is -0.296 e. The SMILES string of the molecule is Cn1nc2c(c1C=O)SCC2. The molecule has 0 unspecified atom stereocenters. The highest BCUT2D eigenvalue weighted by Crippen LogP contribution is 2.32. The zero-order chi connectivity index (χ0) is 7.84. The molecule has 11 heavy (non-hydrogen) atoms. The van der Waals surface area contributed by atoms with Crippen molar-refractivity contribution in [2.24, 2.45) is 7.05 Å². The summed E-state index contributed by atoms with van der Waals surface area (Å²) >= 11 is 1.73. The van der Waals surface area contributed by atoms with Gasteiger partial charge in [-0.15, -0.1) is 11.8 Å². The molecule has 0 spiro atoms. The molecule has 0 aliphatic carbocycles. The van der Waals surface area contributed by atoms with E-state index in [9.17, 15) is 4.79 Å². The van der Waals surface area contributed by atoms with E-state index in [0.29, 0.717) is 0 Å². The predicted molar refractivity (Wildman–Crippen MR) is 43.0 cm³/mol.